The van der Waals surface area contributed by atoms with Crippen molar-refractivity contribution in [1.82, 2.24) is 0 Å². The van der Waals surface area contributed by atoms with Crippen LogP contribution in [0.15, 0.2) is 24.3 Å². The molecule has 2 atom stereocenters. The van der Waals surface area contributed by atoms with Crippen molar-refractivity contribution in [2.75, 3.05) is 11.9 Å². The third-order valence-electron chi connectivity index (χ3n) is 3.29. The molecule has 0 saturated heterocycles. The van der Waals surface area contributed by atoms with Gasteiger partial charge in [0, 0.05) is 12.1 Å². The van der Waals surface area contributed by atoms with E-state index in [2.05, 4.69) is 25.2 Å². The van der Waals surface area contributed by atoms with Crippen LogP contribution in [-0.4, -0.2) is 18.7 Å². The number of nitrogens with two attached hydrogens (primary N) is 1. The monoisotopic (exact) mass is 248 g/mol. The summed E-state index contributed by atoms with van der Waals surface area (Å²) in [5.41, 5.74) is 7.04. The van der Waals surface area contributed by atoms with Crippen molar-refractivity contribution in [1.29, 1.82) is 0 Å². The SMILES string of the molecule is CC(C)COc1ccccc1NC1CCC(N)C1. The van der Waals surface area contributed by atoms with E-state index in [4.69, 9.17) is 10.5 Å². The minimum Gasteiger partial charge on any atom is -0.491 e. The lowest BCUT2D eigenvalue weighted by atomic mass is 10.2. The quantitative estimate of drug-likeness (QED) is 0.842. The molecule has 18 heavy (non-hydrogen) atoms. The van der Waals surface area contributed by atoms with E-state index in [0.29, 0.717) is 18.0 Å². The highest BCUT2D eigenvalue weighted by molar-refractivity contribution is 5.56. The Kier molecular flexibility index (Phi) is 4.48. The van der Waals surface area contributed by atoms with Gasteiger partial charge in [0.15, 0.2) is 0 Å². The summed E-state index contributed by atoms with van der Waals surface area (Å²) >= 11 is 0. The highest BCUT2D eigenvalue weighted by Gasteiger charge is 2.22. The van der Waals surface area contributed by atoms with Gasteiger partial charge in [0.2, 0.25) is 0 Å². The summed E-state index contributed by atoms with van der Waals surface area (Å²) in [5.74, 6) is 1.49. The number of rotatable bonds is 5. The highest BCUT2D eigenvalue weighted by Crippen LogP contribution is 2.28. The maximum absolute atomic E-state index is 5.94. The third-order valence-corrected chi connectivity index (χ3v) is 3.29. The van der Waals surface area contributed by atoms with E-state index in [1.807, 2.05) is 18.2 Å². The first kappa shape index (κ1) is 13.2. The molecule has 0 aromatic heterocycles. The minimum atomic E-state index is 0.353. The number of para-hydroxylation sites is 2. The third kappa shape index (κ3) is 3.64. The van der Waals surface area contributed by atoms with Gasteiger partial charge in [0.1, 0.15) is 5.75 Å². The second-order valence-corrected chi connectivity index (χ2v) is 5.62. The fourth-order valence-electron chi connectivity index (χ4n) is 2.34. The molecule has 0 spiro atoms. The molecule has 1 aromatic carbocycles. The smallest absolute Gasteiger partial charge is 0.142 e. The van der Waals surface area contributed by atoms with Crippen molar-refractivity contribution >= 4 is 5.69 Å². The molecule has 0 heterocycles. The Morgan fingerprint density at radius 2 is 2.11 bits per heavy atom. The van der Waals surface area contributed by atoms with Gasteiger partial charge in [0.25, 0.3) is 0 Å². The second-order valence-electron chi connectivity index (χ2n) is 5.62. The zero-order valence-electron chi connectivity index (χ0n) is 11.4. The Hall–Kier alpha value is -1.22. The molecule has 0 aliphatic heterocycles. The van der Waals surface area contributed by atoms with E-state index in [-0.39, 0.29) is 0 Å². The first-order chi connectivity index (χ1) is 8.65. The van der Waals surface area contributed by atoms with Crippen LogP contribution in [0.3, 0.4) is 0 Å². The molecule has 1 fully saturated rings. The van der Waals surface area contributed by atoms with Crippen LogP contribution < -0.4 is 15.8 Å². The van der Waals surface area contributed by atoms with Crippen molar-refractivity contribution < 1.29 is 4.74 Å². The normalized spacial score (nSPS) is 23.3. The predicted molar refractivity (Wildman–Crippen MR) is 76.0 cm³/mol. The van der Waals surface area contributed by atoms with Gasteiger partial charge in [-0.1, -0.05) is 26.0 Å². The van der Waals surface area contributed by atoms with Gasteiger partial charge < -0.3 is 15.8 Å². The maximum Gasteiger partial charge on any atom is 0.142 e. The van der Waals surface area contributed by atoms with E-state index < -0.39 is 0 Å². The Balaban J connectivity index is 1.98. The van der Waals surface area contributed by atoms with Gasteiger partial charge in [-0.3, -0.25) is 0 Å². The molecule has 0 bridgehead atoms. The maximum atomic E-state index is 5.94. The van der Waals surface area contributed by atoms with Gasteiger partial charge in [-0.2, -0.15) is 0 Å². The van der Waals surface area contributed by atoms with Crippen LogP contribution >= 0.6 is 0 Å². The topological polar surface area (TPSA) is 47.3 Å². The zero-order chi connectivity index (χ0) is 13.0. The summed E-state index contributed by atoms with van der Waals surface area (Å²) in [6.07, 6.45) is 3.32. The van der Waals surface area contributed by atoms with Crippen molar-refractivity contribution in [3.8, 4) is 5.75 Å². The molecule has 3 heteroatoms. The number of benzene rings is 1. The average molecular weight is 248 g/mol. The van der Waals surface area contributed by atoms with Crippen LogP contribution in [-0.2, 0) is 0 Å². The lowest BCUT2D eigenvalue weighted by molar-refractivity contribution is 0.272. The van der Waals surface area contributed by atoms with E-state index in [1.54, 1.807) is 0 Å². The second kappa shape index (κ2) is 6.10. The van der Waals surface area contributed by atoms with Gasteiger partial charge >= 0.3 is 0 Å². The number of hydrogen-bond donors (Lipinski definition) is 2. The molecule has 100 valence electrons. The summed E-state index contributed by atoms with van der Waals surface area (Å²) in [4.78, 5) is 0. The van der Waals surface area contributed by atoms with E-state index in [1.165, 1.54) is 0 Å². The van der Waals surface area contributed by atoms with Gasteiger partial charge in [-0.05, 0) is 37.3 Å². The molecule has 2 unspecified atom stereocenters. The average Bonchev–Trinajstić information content (AvgIpc) is 2.73. The lowest BCUT2D eigenvalue weighted by Crippen LogP contribution is -2.21. The minimum absolute atomic E-state index is 0.353. The Morgan fingerprint density at radius 3 is 2.78 bits per heavy atom. The molecule has 1 saturated carbocycles. The number of ether oxygens (including phenoxy) is 1. The van der Waals surface area contributed by atoms with Gasteiger partial charge in [-0.15, -0.1) is 0 Å². The highest BCUT2D eigenvalue weighted by atomic mass is 16.5. The zero-order valence-corrected chi connectivity index (χ0v) is 11.4. The summed E-state index contributed by atoms with van der Waals surface area (Å²) in [6, 6.07) is 9.01. The Labute approximate surface area is 110 Å². The van der Waals surface area contributed by atoms with Gasteiger partial charge in [0.05, 0.1) is 12.3 Å². The molecular weight excluding hydrogens is 224 g/mol. The number of hydrogen-bond acceptors (Lipinski definition) is 3. The molecular formula is C15H24N2O. The molecule has 1 aliphatic rings. The first-order valence-electron chi connectivity index (χ1n) is 6.89. The number of anilines is 1. The van der Waals surface area contributed by atoms with Crippen molar-refractivity contribution in [2.24, 2.45) is 11.7 Å². The van der Waals surface area contributed by atoms with Crippen molar-refractivity contribution in [2.45, 2.75) is 45.2 Å². The summed E-state index contributed by atoms with van der Waals surface area (Å²) < 4.78 is 5.84. The van der Waals surface area contributed by atoms with Crippen molar-refractivity contribution in [3.05, 3.63) is 24.3 Å². The van der Waals surface area contributed by atoms with Crippen LogP contribution in [0.1, 0.15) is 33.1 Å². The van der Waals surface area contributed by atoms with E-state index in [9.17, 15) is 0 Å². The Morgan fingerprint density at radius 1 is 1.33 bits per heavy atom. The van der Waals surface area contributed by atoms with Crippen LogP contribution in [0.25, 0.3) is 0 Å². The van der Waals surface area contributed by atoms with Crippen LogP contribution in [0.5, 0.6) is 5.75 Å². The number of nitrogens with one attached hydrogen (secondary N) is 1. The standard InChI is InChI=1S/C15H24N2O/c1-11(2)10-18-15-6-4-3-5-14(15)17-13-8-7-12(16)9-13/h3-6,11-13,17H,7-10,16H2,1-2H3. The van der Waals surface area contributed by atoms with E-state index in [0.717, 1.165) is 37.3 Å². The molecule has 3 N–H and O–H groups in total. The van der Waals surface area contributed by atoms with Gasteiger partial charge in [-0.25, -0.2) is 0 Å². The van der Waals surface area contributed by atoms with Crippen LogP contribution in [0.2, 0.25) is 0 Å². The molecule has 2 rings (SSSR count). The molecule has 3 nitrogen and oxygen atoms in total. The Bertz CT molecular complexity index is 379. The van der Waals surface area contributed by atoms with E-state index >= 15 is 0 Å². The predicted octanol–water partition coefficient (Wildman–Crippen LogP) is 3.01. The summed E-state index contributed by atoms with van der Waals surface area (Å²) in [6.45, 7) is 5.07. The summed E-state index contributed by atoms with van der Waals surface area (Å²) in [5, 5.41) is 3.56. The summed E-state index contributed by atoms with van der Waals surface area (Å²) in [7, 11) is 0. The lowest BCUT2D eigenvalue weighted by Gasteiger charge is -2.18. The first-order valence-corrected chi connectivity index (χ1v) is 6.89. The van der Waals surface area contributed by atoms with Crippen LogP contribution in [0.4, 0.5) is 5.69 Å². The molecule has 0 amide bonds. The van der Waals surface area contributed by atoms with Crippen molar-refractivity contribution in [3.63, 3.8) is 0 Å². The molecule has 1 aliphatic carbocycles. The molecule has 1 aromatic rings. The largest absolute Gasteiger partial charge is 0.491 e. The fraction of sp³-hybridized carbons (Fsp3) is 0.600. The van der Waals surface area contributed by atoms with Crippen LogP contribution in [0, 0.1) is 5.92 Å². The molecule has 0 radical (unpaired) electrons. The fourth-order valence-corrected chi connectivity index (χ4v) is 2.34.